The molecule has 2 unspecified atom stereocenters. The molecule has 1 aromatic rings. The summed E-state index contributed by atoms with van der Waals surface area (Å²) in [4.78, 5) is 11.9. The molecule has 1 heterocycles. The molecule has 110 valence electrons. The monoisotopic (exact) mass is 278 g/mol. The van der Waals surface area contributed by atoms with Gasteiger partial charge in [-0.1, -0.05) is 12.8 Å². The normalized spacial score (nSPS) is 27.8. The molecule has 0 aromatic carbocycles. The van der Waals surface area contributed by atoms with Crippen molar-refractivity contribution in [3.8, 4) is 0 Å². The molecule has 20 heavy (non-hydrogen) atoms. The third kappa shape index (κ3) is 2.95. The van der Waals surface area contributed by atoms with E-state index in [0.717, 1.165) is 17.5 Å². The number of nitrogens with zero attached hydrogens (tertiary/aromatic N) is 2. The van der Waals surface area contributed by atoms with Gasteiger partial charge < -0.3 is 15.4 Å². The van der Waals surface area contributed by atoms with Crippen LogP contribution in [0, 0.1) is 11.8 Å². The van der Waals surface area contributed by atoms with E-state index in [4.69, 9.17) is 4.74 Å². The number of amides is 2. The predicted octanol–water partition coefficient (Wildman–Crippen LogP) is 1.84. The van der Waals surface area contributed by atoms with E-state index in [1.807, 2.05) is 6.20 Å². The number of hydrogen-bond donors (Lipinski definition) is 2. The van der Waals surface area contributed by atoms with Crippen LogP contribution in [-0.2, 0) is 11.3 Å². The van der Waals surface area contributed by atoms with Gasteiger partial charge in [0.2, 0.25) is 0 Å². The Hall–Kier alpha value is -1.56. The lowest BCUT2D eigenvalue weighted by Crippen LogP contribution is -2.32. The van der Waals surface area contributed by atoms with E-state index in [1.54, 1.807) is 18.0 Å². The summed E-state index contributed by atoms with van der Waals surface area (Å²) in [5.74, 6) is 1.44. The minimum absolute atomic E-state index is 0.115. The second-order valence-corrected chi connectivity index (χ2v) is 5.72. The zero-order valence-corrected chi connectivity index (χ0v) is 11.8. The van der Waals surface area contributed by atoms with Crippen LogP contribution >= 0.6 is 0 Å². The third-order valence-corrected chi connectivity index (χ3v) is 4.37. The Bertz CT molecular complexity index is 461. The van der Waals surface area contributed by atoms with Crippen LogP contribution in [0.3, 0.4) is 0 Å². The third-order valence-electron chi connectivity index (χ3n) is 4.37. The largest absolute Gasteiger partial charge is 0.383 e. The van der Waals surface area contributed by atoms with Gasteiger partial charge in [0, 0.05) is 19.3 Å². The molecule has 2 saturated carbocycles. The lowest BCUT2D eigenvalue weighted by molar-refractivity contribution is 0.183. The van der Waals surface area contributed by atoms with E-state index in [2.05, 4.69) is 15.7 Å². The van der Waals surface area contributed by atoms with Crippen LogP contribution in [0.25, 0.3) is 0 Å². The standard InChI is InChI=1S/C14H22N4O2/c1-20-7-6-18-9-10(8-15-18)16-14(19)17-13-11-4-2-3-5-12(11)13/h8-9,11-13H,2-7H2,1H3,(H2,16,17,19). The Morgan fingerprint density at radius 1 is 1.45 bits per heavy atom. The second kappa shape index (κ2) is 5.83. The maximum absolute atomic E-state index is 11.9. The SMILES string of the molecule is COCCn1cc(NC(=O)NC2C3CCCCC32)cn1. The molecule has 2 N–H and O–H groups in total. The molecule has 2 atom stereocenters. The Labute approximate surface area is 118 Å². The van der Waals surface area contributed by atoms with Gasteiger partial charge in [0.25, 0.3) is 0 Å². The average Bonchev–Trinajstić information content (AvgIpc) is 2.95. The smallest absolute Gasteiger partial charge is 0.319 e. The van der Waals surface area contributed by atoms with Crippen LogP contribution in [0.4, 0.5) is 10.5 Å². The number of hydrogen-bond acceptors (Lipinski definition) is 3. The first-order valence-corrected chi connectivity index (χ1v) is 7.37. The number of methoxy groups -OCH3 is 1. The van der Waals surface area contributed by atoms with E-state index in [-0.39, 0.29) is 6.03 Å². The molecule has 0 radical (unpaired) electrons. The number of carbonyl (C=O) groups is 1. The Morgan fingerprint density at radius 3 is 2.90 bits per heavy atom. The number of ether oxygens (including phenoxy) is 1. The predicted molar refractivity (Wildman–Crippen MR) is 75.5 cm³/mol. The van der Waals surface area contributed by atoms with Gasteiger partial charge in [-0.3, -0.25) is 4.68 Å². The molecular weight excluding hydrogens is 256 g/mol. The zero-order chi connectivity index (χ0) is 13.9. The number of urea groups is 1. The maximum Gasteiger partial charge on any atom is 0.319 e. The minimum Gasteiger partial charge on any atom is -0.383 e. The second-order valence-electron chi connectivity index (χ2n) is 5.72. The summed E-state index contributed by atoms with van der Waals surface area (Å²) >= 11 is 0. The molecule has 2 amide bonds. The molecule has 2 aliphatic carbocycles. The quantitative estimate of drug-likeness (QED) is 0.863. The highest BCUT2D eigenvalue weighted by Gasteiger charge is 2.51. The molecule has 2 fully saturated rings. The first kappa shape index (κ1) is 13.4. The summed E-state index contributed by atoms with van der Waals surface area (Å²) in [6, 6.07) is 0.275. The van der Waals surface area contributed by atoms with Crippen molar-refractivity contribution >= 4 is 11.7 Å². The van der Waals surface area contributed by atoms with Gasteiger partial charge in [0.15, 0.2) is 0 Å². The summed E-state index contributed by atoms with van der Waals surface area (Å²) in [5, 5.41) is 10.1. The average molecular weight is 278 g/mol. The van der Waals surface area contributed by atoms with E-state index in [9.17, 15) is 4.79 Å². The van der Waals surface area contributed by atoms with Crippen molar-refractivity contribution in [2.75, 3.05) is 19.0 Å². The van der Waals surface area contributed by atoms with Crippen molar-refractivity contribution in [3.05, 3.63) is 12.4 Å². The van der Waals surface area contributed by atoms with Crippen molar-refractivity contribution in [3.63, 3.8) is 0 Å². The van der Waals surface area contributed by atoms with Crippen LogP contribution in [0.2, 0.25) is 0 Å². The maximum atomic E-state index is 11.9. The molecule has 0 saturated heterocycles. The van der Waals surface area contributed by atoms with Crippen LogP contribution < -0.4 is 10.6 Å². The van der Waals surface area contributed by atoms with E-state index in [1.165, 1.54) is 25.7 Å². The fourth-order valence-electron chi connectivity index (χ4n) is 3.26. The summed E-state index contributed by atoms with van der Waals surface area (Å²) in [5.41, 5.74) is 0.724. The Kier molecular flexibility index (Phi) is 3.91. The number of rotatable bonds is 5. The van der Waals surface area contributed by atoms with E-state index in [0.29, 0.717) is 19.2 Å². The summed E-state index contributed by atoms with van der Waals surface area (Å²) < 4.78 is 6.75. The van der Waals surface area contributed by atoms with Gasteiger partial charge in [0.05, 0.1) is 25.0 Å². The number of fused-ring (bicyclic) bond motifs is 1. The number of carbonyl (C=O) groups excluding carboxylic acids is 1. The van der Waals surface area contributed by atoms with Gasteiger partial charge in [-0.05, 0) is 24.7 Å². The van der Waals surface area contributed by atoms with Crippen LogP contribution in [0.1, 0.15) is 25.7 Å². The molecule has 1 aromatic heterocycles. The molecule has 2 aliphatic rings. The number of aromatic nitrogens is 2. The lowest BCUT2D eigenvalue weighted by atomic mass is 10.0. The fourth-order valence-corrected chi connectivity index (χ4v) is 3.26. The topological polar surface area (TPSA) is 68.2 Å². The minimum atomic E-state index is -0.115. The lowest BCUT2D eigenvalue weighted by Gasteiger charge is -2.05. The number of nitrogens with one attached hydrogen (secondary N) is 2. The van der Waals surface area contributed by atoms with Crippen molar-refractivity contribution < 1.29 is 9.53 Å². The highest BCUT2D eigenvalue weighted by atomic mass is 16.5. The van der Waals surface area contributed by atoms with Gasteiger partial charge in [-0.2, -0.15) is 5.10 Å². The molecule has 0 bridgehead atoms. The number of anilines is 1. The molecule has 0 spiro atoms. The van der Waals surface area contributed by atoms with Crippen molar-refractivity contribution in [2.24, 2.45) is 11.8 Å². The molecule has 3 rings (SSSR count). The van der Waals surface area contributed by atoms with Gasteiger partial charge >= 0.3 is 6.03 Å². The van der Waals surface area contributed by atoms with Gasteiger partial charge in [-0.25, -0.2) is 4.79 Å². The van der Waals surface area contributed by atoms with Crippen molar-refractivity contribution in [1.29, 1.82) is 0 Å². The highest BCUT2D eigenvalue weighted by molar-refractivity contribution is 5.89. The van der Waals surface area contributed by atoms with Gasteiger partial charge in [-0.15, -0.1) is 0 Å². The Balaban J connectivity index is 1.45. The molecule has 6 nitrogen and oxygen atoms in total. The zero-order valence-electron chi connectivity index (χ0n) is 11.8. The van der Waals surface area contributed by atoms with Crippen molar-refractivity contribution in [2.45, 2.75) is 38.3 Å². The highest BCUT2D eigenvalue weighted by Crippen LogP contribution is 2.49. The molecular formula is C14H22N4O2. The first-order valence-electron chi connectivity index (χ1n) is 7.37. The van der Waals surface area contributed by atoms with Crippen LogP contribution in [0.5, 0.6) is 0 Å². The van der Waals surface area contributed by atoms with Crippen LogP contribution in [-0.4, -0.2) is 35.6 Å². The summed E-state index contributed by atoms with van der Waals surface area (Å²) in [6.07, 6.45) is 8.64. The molecule has 0 aliphatic heterocycles. The van der Waals surface area contributed by atoms with Crippen molar-refractivity contribution in [1.82, 2.24) is 15.1 Å². The van der Waals surface area contributed by atoms with E-state index >= 15 is 0 Å². The summed E-state index contributed by atoms with van der Waals surface area (Å²) in [6.45, 7) is 1.30. The van der Waals surface area contributed by atoms with E-state index < -0.39 is 0 Å². The molecule has 6 heteroatoms. The van der Waals surface area contributed by atoms with Crippen LogP contribution in [0.15, 0.2) is 12.4 Å². The Morgan fingerprint density at radius 2 is 2.20 bits per heavy atom. The first-order chi connectivity index (χ1) is 9.78. The fraction of sp³-hybridized carbons (Fsp3) is 0.714. The summed E-state index contributed by atoms with van der Waals surface area (Å²) in [7, 11) is 1.66. The van der Waals surface area contributed by atoms with Gasteiger partial charge in [0.1, 0.15) is 0 Å².